The molecule has 0 spiro atoms. The van der Waals surface area contributed by atoms with Crippen LogP contribution < -0.4 is 29.0 Å². The summed E-state index contributed by atoms with van der Waals surface area (Å²) in [7, 11) is 6.59. The summed E-state index contributed by atoms with van der Waals surface area (Å²) in [5, 5.41) is 3.53. The maximum absolute atomic E-state index is 6.62. The second-order valence-corrected chi connectivity index (χ2v) is 11.6. The summed E-state index contributed by atoms with van der Waals surface area (Å²) in [4.78, 5) is 0. The van der Waals surface area contributed by atoms with E-state index in [9.17, 15) is 0 Å². The number of hydrogen-bond acceptors (Lipinski definition) is 9. The molecular formula is C39H47NO8. The van der Waals surface area contributed by atoms with Crippen LogP contribution in [0, 0.1) is 0 Å². The van der Waals surface area contributed by atoms with Crippen LogP contribution >= 0.6 is 0 Å². The summed E-state index contributed by atoms with van der Waals surface area (Å²) >= 11 is 0. The smallest absolute Gasteiger partial charge is 0.122 e. The predicted molar refractivity (Wildman–Crippen MR) is 185 cm³/mol. The maximum Gasteiger partial charge on any atom is 0.122 e. The van der Waals surface area contributed by atoms with Gasteiger partial charge in [-0.2, -0.15) is 0 Å². The third-order valence-corrected chi connectivity index (χ3v) is 8.32. The van der Waals surface area contributed by atoms with Crippen molar-refractivity contribution in [2.45, 2.75) is 44.4 Å². The van der Waals surface area contributed by atoms with E-state index >= 15 is 0 Å². The monoisotopic (exact) mass is 657 g/mol. The van der Waals surface area contributed by atoms with Gasteiger partial charge in [-0.25, -0.2) is 0 Å². The number of nitrogens with one attached hydrogen (secondary N) is 1. The SMILES string of the molecule is COc1cc(CO[C@H]2CNC[C@@H](OCc3cc(OC)cc(OC)c3)C2c2ccc(OCCCOCc3ccccc3)cc2)cc(OC)c1. The van der Waals surface area contributed by atoms with Gasteiger partial charge >= 0.3 is 0 Å². The first-order valence-corrected chi connectivity index (χ1v) is 16.3. The first-order chi connectivity index (χ1) is 23.6. The quantitative estimate of drug-likeness (QED) is 0.120. The standard InChI is InChI=1S/C39H47NO8/c1-41-33-17-29(18-34(21-33)42-2)26-47-37-23-40-24-38(48-27-30-19-35(43-3)22-36(20-30)44-4)39(37)31-11-13-32(14-12-31)46-16-8-15-45-25-28-9-6-5-7-10-28/h5-7,9-14,17-22,37-40H,8,15-16,23-27H2,1-4H3/t37-,38+,39?. The fourth-order valence-corrected chi connectivity index (χ4v) is 5.82. The highest BCUT2D eigenvalue weighted by Gasteiger charge is 2.36. The molecule has 48 heavy (non-hydrogen) atoms. The Hall–Kier alpha value is -4.28. The molecule has 4 aromatic carbocycles. The van der Waals surface area contributed by atoms with E-state index in [2.05, 4.69) is 29.6 Å². The molecule has 1 unspecified atom stereocenters. The van der Waals surface area contributed by atoms with Crippen molar-refractivity contribution in [2.24, 2.45) is 0 Å². The minimum Gasteiger partial charge on any atom is -0.497 e. The number of hydrogen-bond donors (Lipinski definition) is 1. The normalized spacial score (nSPS) is 17.5. The number of methoxy groups -OCH3 is 4. The molecule has 4 aromatic rings. The van der Waals surface area contributed by atoms with Crippen molar-refractivity contribution in [3.8, 4) is 28.7 Å². The van der Waals surface area contributed by atoms with Crippen LogP contribution in [0.5, 0.6) is 28.7 Å². The number of rotatable bonds is 18. The van der Waals surface area contributed by atoms with Crippen molar-refractivity contribution in [3.63, 3.8) is 0 Å². The molecule has 0 bridgehead atoms. The Balaban J connectivity index is 1.25. The second kappa shape index (κ2) is 18.3. The third kappa shape index (κ3) is 10.1. The first-order valence-electron chi connectivity index (χ1n) is 16.3. The molecule has 256 valence electrons. The van der Waals surface area contributed by atoms with Crippen LogP contribution in [-0.4, -0.2) is 67.0 Å². The topological polar surface area (TPSA) is 85.9 Å². The van der Waals surface area contributed by atoms with E-state index in [0.29, 0.717) is 46.1 Å². The van der Waals surface area contributed by atoms with Gasteiger partial charge in [0.2, 0.25) is 0 Å². The van der Waals surface area contributed by atoms with Gasteiger partial charge in [0, 0.05) is 37.6 Å². The molecule has 0 amide bonds. The molecule has 1 saturated heterocycles. The highest BCUT2D eigenvalue weighted by Crippen LogP contribution is 2.34. The fraction of sp³-hybridized carbons (Fsp3) is 0.385. The van der Waals surface area contributed by atoms with E-state index in [1.807, 2.05) is 66.7 Å². The highest BCUT2D eigenvalue weighted by atomic mass is 16.5. The molecule has 9 nitrogen and oxygen atoms in total. The molecule has 9 heteroatoms. The molecule has 1 fully saturated rings. The summed E-state index contributed by atoms with van der Waals surface area (Å²) in [6, 6.07) is 30.1. The van der Waals surface area contributed by atoms with Gasteiger partial charge in [-0.1, -0.05) is 42.5 Å². The first kappa shape index (κ1) is 35.0. The summed E-state index contributed by atoms with van der Waals surface area (Å²) in [5.74, 6) is 3.67. The van der Waals surface area contributed by atoms with Crippen molar-refractivity contribution in [1.82, 2.24) is 5.32 Å². The fourth-order valence-electron chi connectivity index (χ4n) is 5.82. The lowest BCUT2D eigenvalue weighted by Crippen LogP contribution is -2.50. The molecule has 3 atom stereocenters. The largest absolute Gasteiger partial charge is 0.497 e. The minimum atomic E-state index is -0.158. The van der Waals surface area contributed by atoms with Gasteiger partial charge in [-0.3, -0.25) is 0 Å². The van der Waals surface area contributed by atoms with Crippen LogP contribution in [-0.2, 0) is 34.0 Å². The van der Waals surface area contributed by atoms with Crippen LogP contribution in [0.4, 0.5) is 0 Å². The van der Waals surface area contributed by atoms with E-state index in [-0.39, 0.29) is 18.1 Å². The molecule has 0 aromatic heterocycles. The molecule has 0 saturated carbocycles. The van der Waals surface area contributed by atoms with Crippen molar-refractivity contribution >= 4 is 0 Å². The molecule has 0 aliphatic carbocycles. The van der Waals surface area contributed by atoms with E-state index < -0.39 is 0 Å². The molecule has 1 aliphatic rings. The van der Waals surface area contributed by atoms with E-state index in [1.54, 1.807) is 28.4 Å². The van der Waals surface area contributed by atoms with Crippen LogP contribution in [0.2, 0.25) is 0 Å². The van der Waals surface area contributed by atoms with Crippen molar-refractivity contribution in [1.29, 1.82) is 0 Å². The summed E-state index contributed by atoms with van der Waals surface area (Å²) in [6.07, 6.45) is 0.488. The number of ether oxygens (including phenoxy) is 8. The zero-order valence-corrected chi connectivity index (χ0v) is 28.3. The van der Waals surface area contributed by atoms with Crippen LogP contribution in [0.15, 0.2) is 91.0 Å². The van der Waals surface area contributed by atoms with Gasteiger partial charge in [0.1, 0.15) is 28.7 Å². The van der Waals surface area contributed by atoms with Crippen LogP contribution in [0.25, 0.3) is 0 Å². The number of benzene rings is 4. The zero-order valence-electron chi connectivity index (χ0n) is 28.3. The summed E-state index contributed by atoms with van der Waals surface area (Å²) in [5.41, 5.74) is 4.22. The molecule has 5 rings (SSSR count). The Labute approximate surface area is 284 Å². The van der Waals surface area contributed by atoms with Gasteiger partial charge in [0.15, 0.2) is 0 Å². The van der Waals surface area contributed by atoms with Gasteiger partial charge in [0.05, 0.1) is 73.7 Å². The maximum atomic E-state index is 6.62. The van der Waals surface area contributed by atoms with Crippen LogP contribution in [0.3, 0.4) is 0 Å². The summed E-state index contributed by atoms with van der Waals surface area (Å²) < 4.78 is 47.0. The zero-order chi connectivity index (χ0) is 33.6. The Morgan fingerprint density at radius 3 is 1.56 bits per heavy atom. The van der Waals surface area contributed by atoms with Crippen molar-refractivity contribution in [3.05, 3.63) is 113 Å². The van der Waals surface area contributed by atoms with Crippen LogP contribution in [0.1, 0.15) is 34.6 Å². The van der Waals surface area contributed by atoms with Gasteiger partial charge in [-0.05, 0) is 58.7 Å². The van der Waals surface area contributed by atoms with E-state index in [1.165, 1.54) is 5.56 Å². The minimum absolute atomic E-state index is 0.0355. The van der Waals surface area contributed by atoms with Gasteiger partial charge in [-0.15, -0.1) is 0 Å². The van der Waals surface area contributed by atoms with Crippen molar-refractivity contribution in [2.75, 3.05) is 54.7 Å². The molecule has 1 aliphatic heterocycles. The third-order valence-electron chi connectivity index (χ3n) is 8.32. The van der Waals surface area contributed by atoms with E-state index in [0.717, 1.165) is 51.9 Å². The lowest BCUT2D eigenvalue weighted by Gasteiger charge is -2.39. The average molecular weight is 658 g/mol. The number of piperidine rings is 1. The molecule has 1 heterocycles. The average Bonchev–Trinajstić information content (AvgIpc) is 3.14. The molecular weight excluding hydrogens is 610 g/mol. The summed E-state index contributed by atoms with van der Waals surface area (Å²) in [6.45, 7) is 3.97. The van der Waals surface area contributed by atoms with Gasteiger partial charge in [0.25, 0.3) is 0 Å². The van der Waals surface area contributed by atoms with Crippen molar-refractivity contribution < 1.29 is 37.9 Å². The Morgan fingerprint density at radius 1 is 0.542 bits per heavy atom. The Morgan fingerprint density at radius 2 is 1.06 bits per heavy atom. The lowest BCUT2D eigenvalue weighted by molar-refractivity contribution is -0.0651. The van der Waals surface area contributed by atoms with Gasteiger partial charge < -0.3 is 43.2 Å². The molecule has 0 radical (unpaired) electrons. The van der Waals surface area contributed by atoms with E-state index in [4.69, 9.17) is 37.9 Å². The highest BCUT2D eigenvalue weighted by molar-refractivity contribution is 5.39. The lowest BCUT2D eigenvalue weighted by atomic mass is 9.85. The predicted octanol–water partition coefficient (Wildman–Crippen LogP) is 6.56. The molecule has 1 N–H and O–H groups in total. The Kier molecular flexibility index (Phi) is 13.4. The Bertz CT molecular complexity index is 1420. The second-order valence-electron chi connectivity index (χ2n) is 11.6.